The fourth-order valence-electron chi connectivity index (χ4n) is 4.58. The van der Waals surface area contributed by atoms with E-state index in [0.29, 0.717) is 12.0 Å². The molecule has 1 saturated carbocycles. The molecular weight excluding hydrogens is 238 g/mol. The minimum atomic E-state index is -0.439. The van der Waals surface area contributed by atoms with Crippen LogP contribution in [0.4, 0.5) is 0 Å². The molecule has 19 heavy (non-hydrogen) atoms. The highest BCUT2D eigenvalue weighted by molar-refractivity contribution is 5.00. The van der Waals surface area contributed by atoms with Crippen molar-refractivity contribution in [3.05, 3.63) is 0 Å². The van der Waals surface area contributed by atoms with E-state index in [4.69, 9.17) is 4.74 Å². The molecule has 0 radical (unpaired) electrons. The van der Waals surface area contributed by atoms with Gasteiger partial charge < -0.3 is 14.7 Å². The summed E-state index contributed by atoms with van der Waals surface area (Å²) in [6, 6.07) is 0.501. The molecule has 0 aromatic carbocycles. The van der Waals surface area contributed by atoms with Gasteiger partial charge in [-0.15, -0.1) is 0 Å². The Balaban J connectivity index is 1.70. The molecule has 2 aliphatic heterocycles. The molecule has 2 saturated heterocycles. The van der Waals surface area contributed by atoms with E-state index < -0.39 is 5.60 Å². The van der Waals surface area contributed by atoms with Crippen molar-refractivity contribution in [1.82, 2.24) is 4.90 Å². The van der Waals surface area contributed by atoms with Gasteiger partial charge in [0.15, 0.2) is 0 Å². The van der Waals surface area contributed by atoms with Gasteiger partial charge in [-0.25, -0.2) is 0 Å². The third-order valence-electron chi connectivity index (χ3n) is 6.07. The van der Waals surface area contributed by atoms with Gasteiger partial charge in [0.25, 0.3) is 0 Å². The number of rotatable bonds is 1. The maximum absolute atomic E-state index is 11.1. The Morgan fingerprint density at radius 3 is 2.58 bits per heavy atom. The van der Waals surface area contributed by atoms with Gasteiger partial charge in [-0.1, -0.05) is 12.8 Å². The number of hydrogen-bond donors (Lipinski definition) is 1. The lowest BCUT2D eigenvalue weighted by Crippen LogP contribution is -2.54. The van der Waals surface area contributed by atoms with E-state index >= 15 is 0 Å². The van der Waals surface area contributed by atoms with Crippen LogP contribution in [0.5, 0.6) is 0 Å². The first-order valence-electron chi connectivity index (χ1n) is 8.10. The zero-order valence-corrected chi connectivity index (χ0v) is 12.5. The quantitative estimate of drug-likeness (QED) is 0.792. The summed E-state index contributed by atoms with van der Waals surface area (Å²) in [6.07, 6.45) is 9.08. The third-order valence-corrected chi connectivity index (χ3v) is 6.07. The summed E-state index contributed by atoms with van der Waals surface area (Å²) in [5.41, 5.74) is -0.309. The predicted octanol–water partition coefficient (Wildman–Crippen LogP) is 2.57. The van der Waals surface area contributed by atoms with Gasteiger partial charge in [-0.2, -0.15) is 0 Å². The average molecular weight is 267 g/mol. The summed E-state index contributed by atoms with van der Waals surface area (Å²) in [6.45, 7) is 4.13. The Bertz CT molecular complexity index is 327. The van der Waals surface area contributed by atoms with Crippen LogP contribution >= 0.6 is 0 Å². The van der Waals surface area contributed by atoms with Crippen LogP contribution in [0.2, 0.25) is 0 Å². The number of aliphatic hydroxyl groups is 1. The maximum atomic E-state index is 11.1. The Kier molecular flexibility index (Phi) is 3.65. The largest absolute Gasteiger partial charge is 0.389 e. The molecule has 2 heterocycles. The van der Waals surface area contributed by atoms with E-state index in [-0.39, 0.29) is 5.60 Å². The molecule has 3 atom stereocenters. The SMILES string of the molecule is CC1CC(O)(C2CCOC3(CCCC3)C2)CCN1C. The highest BCUT2D eigenvalue weighted by atomic mass is 16.5. The van der Waals surface area contributed by atoms with Crippen LogP contribution in [0.25, 0.3) is 0 Å². The van der Waals surface area contributed by atoms with Crippen LogP contribution in [0.1, 0.15) is 58.3 Å². The molecule has 0 amide bonds. The monoisotopic (exact) mass is 267 g/mol. The van der Waals surface area contributed by atoms with Crippen molar-refractivity contribution in [1.29, 1.82) is 0 Å². The summed E-state index contributed by atoms with van der Waals surface area (Å²) in [5, 5.41) is 11.1. The van der Waals surface area contributed by atoms with Crippen molar-refractivity contribution in [2.75, 3.05) is 20.2 Å². The lowest BCUT2D eigenvalue weighted by molar-refractivity contribution is -0.158. The first-order valence-corrected chi connectivity index (χ1v) is 8.10. The summed E-state index contributed by atoms with van der Waals surface area (Å²) in [4.78, 5) is 2.37. The van der Waals surface area contributed by atoms with Gasteiger partial charge in [0.2, 0.25) is 0 Å². The first-order chi connectivity index (χ1) is 9.03. The highest BCUT2D eigenvalue weighted by Gasteiger charge is 2.48. The second kappa shape index (κ2) is 5.01. The number of piperidine rings is 1. The van der Waals surface area contributed by atoms with Crippen LogP contribution in [-0.2, 0) is 4.74 Å². The van der Waals surface area contributed by atoms with E-state index in [1.54, 1.807) is 0 Å². The van der Waals surface area contributed by atoms with Crippen LogP contribution in [0.3, 0.4) is 0 Å². The lowest BCUT2D eigenvalue weighted by Gasteiger charge is -2.49. The van der Waals surface area contributed by atoms with E-state index in [1.807, 2.05) is 0 Å². The number of likely N-dealkylation sites (tertiary alicyclic amines) is 1. The topological polar surface area (TPSA) is 32.7 Å². The zero-order valence-electron chi connectivity index (χ0n) is 12.5. The van der Waals surface area contributed by atoms with E-state index in [2.05, 4.69) is 18.9 Å². The van der Waals surface area contributed by atoms with Crippen molar-refractivity contribution < 1.29 is 9.84 Å². The minimum absolute atomic E-state index is 0.130. The fourth-order valence-corrected chi connectivity index (χ4v) is 4.58. The Hall–Kier alpha value is -0.120. The van der Waals surface area contributed by atoms with Crippen LogP contribution < -0.4 is 0 Å². The predicted molar refractivity (Wildman–Crippen MR) is 76.2 cm³/mol. The Morgan fingerprint density at radius 2 is 1.89 bits per heavy atom. The van der Waals surface area contributed by atoms with Crippen molar-refractivity contribution >= 4 is 0 Å². The van der Waals surface area contributed by atoms with Gasteiger partial charge in [0, 0.05) is 19.2 Å². The molecule has 3 aliphatic rings. The van der Waals surface area contributed by atoms with E-state index in [1.165, 1.54) is 25.7 Å². The second-order valence-corrected chi connectivity index (χ2v) is 7.32. The summed E-state index contributed by atoms with van der Waals surface area (Å²) >= 11 is 0. The second-order valence-electron chi connectivity index (χ2n) is 7.32. The van der Waals surface area contributed by atoms with Gasteiger partial charge in [0.05, 0.1) is 11.2 Å². The molecule has 3 nitrogen and oxygen atoms in total. The van der Waals surface area contributed by atoms with Crippen LogP contribution in [0.15, 0.2) is 0 Å². The molecule has 3 heteroatoms. The summed E-state index contributed by atoms with van der Waals surface area (Å²) in [5.74, 6) is 0.454. The molecule has 0 aromatic heterocycles. The smallest absolute Gasteiger partial charge is 0.0704 e. The molecule has 1 spiro atoms. The van der Waals surface area contributed by atoms with Crippen LogP contribution in [-0.4, -0.2) is 47.4 Å². The number of hydrogen-bond acceptors (Lipinski definition) is 3. The number of ether oxygens (including phenoxy) is 1. The summed E-state index contributed by atoms with van der Waals surface area (Å²) in [7, 11) is 2.17. The molecule has 110 valence electrons. The lowest BCUT2D eigenvalue weighted by atomic mass is 9.70. The van der Waals surface area contributed by atoms with Crippen molar-refractivity contribution in [2.45, 2.75) is 75.5 Å². The van der Waals surface area contributed by atoms with Gasteiger partial charge in [-0.05, 0) is 58.4 Å². The van der Waals surface area contributed by atoms with E-state index in [9.17, 15) is 5.11 Å². The highest BCUT2D eigenvalue weighted by Crippen LogP contribution is 2.47. The summed E-state index contributed by atoms with van der Waals surface area (Å²) < 4.78 is 6.12. The van der Waals surface area contributed by atoms with Gasteiger partial charge >= 0.3 is 0 Å². The first kappa shape index (κ1) is 13.8. The number of nitrogens with zero attached hydrogens (tertiary/aromatic N) is 1. The normalized spacial score (nSPS) is 43.7. The molecule has 3 rings (SSSR count). The average Bonchev–Trinajstić information content (AvgIpc) is 2.83. The van der Waals surface area contributed by atoms with Gasteiger partial charge in [-0.3, -0.25) is 0 Å². The Labute approximate surface area is 117 Å². The molecule has 3 fully saturated rings. The maximum Gasteiger partial charge on any atom is 0.0704 e. The van der Waals surface area contributed by atoms with Crippen molar-refractivity contribution in [3.8, 4) is 0 Å². The van der Waals surface area contributed by atoms with Crippen molar-refractivity contribution in [3.63, 3.8) is 0 Å². The van der Waals surface area contributed by atoms with Crippen molar-refractivity contribution in [2.24, 2.45) is 5.92 Å². The Morgan fingerprint density at radius 1 is 1.16 bits per heavy atom. The molecular formula is C16H29NO2. The minimum Gasteiger partial charge on any atom is -0.389 e. The van der Waals surface area contributed by atoms with Crippen LogP contribution in [0, 0.1) is 5.92 Å². The molecule has 1 N–H and O–H groups in total. The zero-order chi connectivity index (χ0) is 13.5. The standard InChI is InChI=1S/C16H29NO2/c1-13-11-16(18,8-9-17(13)2)14-5-10-19-15(12-14)6-3-4-7-15/h13-14,18H,3-12H2,1-2H3. The molecule has 3 unspecified atom stereocenters. The fraction of sp³-hybridized carbons (Fsp3) is 1.00. The molecule has 0 aromatic rings. The third kappa shape index (κ3) is 2.57. The van der Waals surface area contributed by atoms with Gasteiger partial charge in [0.1, 0.15) is 0 Å². The molecule has 1 aliphatic carbocycles. The molecule has 0 bridgehead atoms. The van der Waals surface area contributed by atoms with E-state index in [0.717, 1.165) is 38.8 Å².